The smallest absolute Gasteiger partial charge is 0.246 e. The molecular formula is C27H30N6O6. The number of carbonyl (C=O) groups is 2. The van der Waals surface area contributed by atoms with E-state index in [0.29, 0.717) is 46.1 Å². The fourth-order valence-corrected chi connectivity index (χ4v) is 3.70. The number of ether oxygens (including phenoxy) is 3. The van der Waals surface area contributed by atoms with Crippen LogP contribution in [0.5, 0.6) is 23.1 Å². The number of methoxy groups -OCH3 is 2. The number of rotatable bonds is 11. The molecule has 12 nitrogen and oxygen atoms in total. The number of fused-ring (bicyclic) bond motifs is 1. The van der Waals surface area contributed by atoms with Crippen LogP contribution >= 0.6 is 0 Å². The van der Waals surface area contributed by atoms with Crippen LogP contribution in [0.3, 0.4) is 0 Å². The Balaban J connectivity index is 1.37. The molecule has 0 fully saturated rings. The Hall–Kier alpha value is -4.71. The summed E-state index contributed by atoms with van der Waals surface area (Å²) in [5.41, 5.74) is 1.59. The predicted octanol–water partition coefficient (Wildman–Crippen LogP) is 3.96. The molecule has 2 amide bonds. The van der Waals surface area contributed by atoms with Crippen LogP contribution in [0.1, 0.15) is 26.3 Å². The van der Waals surface area contributed by atoms with Crippen molar-refractivity contribution in [1.29, 1.82) is 0 Å². The number of aromatic nitrogens is 4. The molecule has 0 unspecified atom stereocenters. The van der Waals surface area contributed by atoms with Crippen LogP contribution in [0.15, 0.2) is 55.1 Å². The molecule has 39 heavy (non-hydrogen) atoms. The van der Waals surface area contributed by atoms with E-state index in [-0.39, 0.29) is 19.0 Å². The summed E-state index contributed by atoms with van der Waals surface area (Å²) in [5.74, 6) is 1.50. The highest BCUT2D eigenvalue weighted by Gasteiger charge is 2.17. The SMILES string of the molecule is COc1cc2ncnc(Oc3cnn(CC(=O)Nc4ccc(CN(C=O)OC(C)(C)C)cc4)c3)c2cc1OC. The van der Waals surface area contributed by atoms with Crippen molar-refractivity contribution in [3.8, 4) is 23.1 Å². The number of nitrogens with one attached hydrogen (secondary N) is 1. The zero-order valence-corrected chi connectivity index (χ0v) is 22.4. The minimum Gasteiger partial charge on any atom is -0.493 e. The van der Waals surface area contributed by atoms with Crippen molar-refractivity contribution in [3.63, 3.8) is 0 Å². The molecule has 0 saturated carbocycles. The third-order valence-corrected chi connectivity index (χ3v) is 5.32. The summed E-state index contributed by atoms with van der Waals surface area (Å²) in [7, 11) is 3.09. The van der Waals surface area contributed by atoms with E-state index in [1.807, 2.05) is 32.9 Å². The van der Waals surface area contributed by atoms with Gasteiger partial charge in [0.2, 0.25) is 18.2 Å². The number of anilines is 1. The zero-order chi connectivity index (χ0) is 28.0. The van der Waals surface area contributed by atoms with Crippen molar-refractivity contribution in [2.75, 3.05) is 19.5 Å². The largest absolute Gasteiger partial charge is 0.493 e. The van der Waals surface area contributed by atoms with Crippen molar-refractivity contribution in [3.05, 3.63) is 60.7 Å². The third-order valence-electron chi connectivity index (χ3n) is 5.32. The normalized spacial score (nSPS) is 11.2. The number of hydrogen-bond donors (Lipinski definition) is 1. The minimum atomic E-state index is -0.490. The number of hydroxylamine groups is 2. The summed E-state index contributed by atoms with van der Waals surface area (Å²) in [4.78, 5) is 38.0. The first-order valence-electron chi connectivity index (χ1n) is 12.0. The number of nitrogens with zero attached hydrogens (tertiary/aromatic N) is 5. The van der Waals surface area contributed by atoms with Crippen molar-refractivity contribution < 1.29 is 28.6 Å². The number of hydrogen-bond acceptors (Lipinski definition) is 9. The van der Waals surface area contributed by atoms with Gasteiger partial charge in [-0.3, -0.25) is 19.1 Å². The Bertz CT molecular complexity index is 1450. The van der Waals surface area contributed by atoms with Gasteiger partial charge >= 0.3 is 0 Å². The lowest BCUT2D eigenvalue weighted by Gasteiger charge is -2.26. The highest BCUT2D eigenvalue weighted by Crippen LogP contribution is 2.35. The van der Waals surface area contributed by atoms with Crippen molar-refractivity contribution in [2.45, 2.75) is 39.5 Å². The minimum absolute atomic E-state index is 0.0288. The van der Waals surface area contributed by atoms with Crippen LogP contribution in [0, 0.1) is 0 Å². The molecule has 0 spiro atoms. The van der Waals surface area contributed by atoms with Crippen LogP contribution in [-0.2, 0) is 27.5 Å². The standard InChI is InChI=1S/C27H30N6O6/c1-27(2,3)39-33(17-34)13-18-6-8-19(9-7-18)31-25(35)15-32-14-20(12-30-32)38-26-21-10-23(36-4)24(37-5)11-22(21)28-16-29-26/h6-12,14,16-17H,13,15H2,1-5H3,(H,31,35). The van der Waals surface area contributed by atoms with Crippen LogP contribution in [-0.4, -0.2) is 56.9 Å². The average molecular weight is 535 g/mol. The van der Waals surface area contributed by atoms with Crippen LogP contribution < -0.4 is 19.5 Å². The van der Waals surface area contributed by atoms with Gasteiger partial charge in [-0.25, -0.2) is 15.0 Å². The molecule has 0 aliphatic rings. The Morgan fingerprint density at radius 2 is 1.79 bits per heavy atom. The molecule has 2 aromatic carbocycles. The average Bonchev–Trinajstić information content (AvgIpc) is 3.34. The first-order chi connectivity index (χ1) is 18.7. The maximum absolute atomic E-state index is 12.6. The fourth-order valence-electron chi connectivity index (χ4n) is 3.70. The van der Waals surface area contributed by atoms with Crippen LogP contribution in [0.4, 0.5) is 5.69 Å². The molecule has 0 atom stereocenters. The van der Waals surface area contributed by atoms with Gasteiger partial charge in [0, 0.05) is 11.8 Å². The van der Waals surface area contributed by atoms with Crippen LogP contribution in [0.25, 0.3) is 10.9 Å². The lowest BCUT2D eigenvalue weighted by atomic mass is 10.2. The second kappa shape index (κ2) is 11.8. The van der Waals surface area contributed by atoms with E-state index >= 15 is 0 Å². The van der Waals surface area contributed by atoms with Gasteiger partial charge in [0.15, 0.2) is 17.2 Å². The summed E-state index contributed by atoms with van der Waals surface area (Å²) in [5, 5.41) is 8.91. The summed E-state index contributed by atoms with van der Waals surface area (Å²) in [6, 6.07) is 10.6. The van der Waals surface area contributed by atoms with Gasteiger partial charge in [-0.1, -0.05) is 12.1 Å². The molecule has 12 heteroatoms. The molecule has 0 aliphatic carbocycles. The van der Waals surface area contributed by atoms with Gasteiger partial charge < -0.3 is 19.5 Å². The van der Waals surface area contributed by atoms with Crippen LogP contribution in [0.2, 0.25) is 0 Å². The fraction of sp³-hybridized carbons (Fsp3) is 0.296. The third kappa shape index (κ3) is 7.20. The second-order valence-electron chi connectivity index (χ2n) is 9.51. The molecule has 4 aromatic rings. The molecule has 1 N–H and O–H groups in total. The number of carbonyl (C=O) groups excluding carboxylic acids is 2. The lowest BCUT2D eigenvalue weighted by Crippen LogP contribution is -2.32. The highest BCUT2D eigenvalue weighted by atomic mass is 16.7. The quantitative estimate of drug-likeness (QED) is 0.224. The number of amides is 2. The predicted molar refractivity (Wildman–Crippen MR) is 142 cm³/mol. The van der Waals surface area contributed by atoms with Crippen molar-refractivity contribution in [2.24, 2.45) is 0 Å². The van der Waals surface area contributed by atoms with E-state index in [1.54, 1.807) is 44.7 Å². The molecular weight excluding hydrogens is 504 g/mol. The van der Waals surface area contributed by atoms with E-state index in [2.05, 4.69) is 20.4 Å². The van der Waals surface area contributed by atoms with Gasteiger partial charge in [-0.2, -0.15) is 5.10 Å². The Labute approximate surface area is 225 Å². The number of benzene rings is 2. The van der Waals surface area contributed by atoms with Gasteiger partial charge in [0.25, 0.3) is 0 Å². The van der Waals surface area contributed by atoms with Crippen molar-refractivity contribution in [1.82, 2.24) is 24.8 Å². The maximum atomic E-state index is 12.6. The highest BCUT2D eigenvalue weighted by molar-refractivity contribution is 5.90. The molecule has 2 aromatic heterocycles. The monoisotopic (exact) mass is 534 g/mol. The van der Waals surface area contributed by atoms with Gasteiger partial charge in [0.1, 0.15) is 12.9 Å². The van der Waals surface area contributed by atoms with E-state index in [9.17, 15) is 9.59 Å². The molecule has 2 heterocycles. The first kappa shape index (κ1) is 27.3. The van der Waals surface area contributed by atoms with E-state index < -0.39 is 5.60 Å². The molecule has 0 aliphatic heterocycles. The summed E-state index contributed by atoms with van der Waals surface area (Å²) in [6.45, 7) is 5.85. The van der Waals surface area contributed by atoms with Gasteiger partial charge in [0.05, 0.1) is 49.7 Å². The van der Waals surface area contributed by atoms with E-state index in [4.69, 9.17) is 19.0 Å². The van der Waals surface area contributed by atoms with Gasteiger partial charge in [-0.05, 0) is 44.5 Å². The summed E-state index contributed by atoms with van der Waals surface area (Å²) in [6.07, 6.45) is 5.13. The summed E-state index contributed by atoms with van der Waals surface area (Å²) < 4.78 is 18.1. The maximum Gasteiger partial charge on any atom is 0.246 e. The summed E-state index contributed by atoms with van der Waals surface area (Å²) >= 11 is 0. The Morgan fingerprint density at radius 1 is 1.08 bits per heavy atom. The zero-order valence-electron chi connectivity index (χ0n) is 22.4. The topological polar surface area (TPSA) is 130 Å². The van der Waals surface area contributed by atoms with E-state index in [0.717, 1.165) is 5.56 Å². The molecule has 4 rings (SSSR count). The lowest BCUT2D eigenvalue weighted by molar-refractivity contribution is -0.220. The molecule has 0 radical (unpaired) electrons. The van der Waals surface area contributed by atoms with E-state index in [1.165, 1.54) is 22.3 Å². The van der Waals surface area contributed by atoms with Crippen molar-refractivity contribution >= 4 is 28.9 Å². The molecule has 204 valence electrons. The Kier molecular flexibility index (Phi) is 8.25. The second-order valence-corrected chi connectivity index (χ2v) is 9.51. The first-order valence-corrected chi connectivity index (χ1v) is 12.0. The van der Waals surface area contributed by atoms with Gasteiger partial charge in [-0.15, -0.1) is 0 Å². The molecule has 0 bridgehead atoms. The Morgan fingerprint density at radius 3 is 2.46 bits per heavy atom. The molecule has 0 saturated heterocycles.